The first-order valence-electron chi connectivity index (χ1n) is 19.7. The molecule has 1 aliphatic carbocycles. The fourth-order valence-electron chi connectivity index (χ4n) is 9.40. The molecule has 270 valence electrons. The molecular formula is C52H36N4S. The molecule has 0 unspecified atom stereocenters. The van der Waals surface area contributed by atoms with Crippen LogP contribution in [0, 0.1) is 6.92 Å². The zero-order valence-electron chi connectivity index (χ0n) is 31.6. The summed E-state index contributed by atoms with van der Waals surface area (Å²) in [6.07, 6.45) is 10.9. The third-order valence-electron chi connectivity index (χ3n) is 12.1. The van der Waals surface area contributed by atoms with Crippen LogP contribution in [0.4, 0.5) is 0 Å². The molecule has 1 aliphatic rings. The number of hydrogen-bond donors (Lipinski definition) is 0. The quantitative estimate of drug-likeness (QED) is 0.180. The number of allylic oxidation sites excluding steroid dienone is 4. The van der Waals surface area contributed by atoms with E-state index in [1.54, 1.807) is 0 Å². The van der Waals surface area contributed by atoms with Gasteiger partial charge in [0.05, 0.1) is 27.1 Å². The number of fused-ring (bicyclic) bond motifs is 13. The minimum absolute atomic E-state index is 0.866. The van der Waals surface area contributed by atoms with Gasteiger partial charge >= 0.3 is 0 Å². The minimum Gasteiger partial charge on any atom is -0.323 e. The molecule has 4 aromatic heterocycles. The van der Waals surface area contributed by atoms with Crippen molar-refractivity contribution in [3.05, 3.63) is 175 Å². The van der Waals surface area contributed by atoms with Gasteiger partial charge in [0.2, 0.25) is 0 Å². The van der Waals surface area contributed by atoms with Gasteiger partial charge in [-0.1, -0.05) is 127 Å². The molecule has 0 aliphatic heterocycles. The summed E-state index contributed by atoms with van der Waals surface area (Å²) in [6.45, 7) is 4.33. The van der Waals surface area contributed by atoms with Crippen LogP contribution in [0.1, 0.15) is 31.2 Å². The summed E-state index contributed by atoms with van der Waals surface area (Å²) in [7, 11) is 0. The molecule has 0 amide bonds. The van der Waals surface area contributed by atoms with Crippen LogP contribution < -0.4 is 0 Å². The highest BCUT2D eigenvalue weighted by Crippen LogP contribution is 2.50. The summed E-state index contributed by atoms with van der Waals surface area (Å²) in [4.78, 5) is 11.2. The number of aromatic nitrogens is 4. The highest BCUT2D eigenvalue weighted by atomic mass is 32.1. The summed E-state index contributed by atoms with van der Waals surface area (Å²) in [5.41, 5.74) is 9.91. The number of aryl methyl sites for hydroxylation is 1. The van der Waals surface area contributed by atoms with Gasteiger partial charge in [-0.2, -0.15) is 0 Å². The topological polar surface area (TPSA) is 35.6 Å². The maximum absolute atomic E-state index is 5.72. The Morgan fingerprint density at radius 2 is 1.28 bits per heavy atom. The highest BCUT2D eigenvalue weighted by Gasteiger charge is 2.26. The average Bonchev–Trinajstić information content (AvgIpc) is 3.97. The molecule has 0 spiro atoms. The lowest BCUT2D eigenvalue weighted by Gasteiger charge is -2.19. The summed E-state index contributed by atoms with van der Waals surface area (Å²) in [6, 6.07) is 48.6. The second kappa shape index (κ2) is 12.3. The van der Waals surface area contributed by atoms with Gasteiger partial charge in [0.1, 0.15) is 5.69 Å². The van der Waals surface area contributed by atoms with E-state index >= 15 is 0 Å². The Bertz CT molecular complexity index is 3510. The summed E-state index contributed by atoms with van der Waals surface area (Å²) in [5.74, 6) is 0.866. The fraction of sp³-hybridized carbons (Fsp3) is 0.0769. The van der Waals surface area contributed by atoms with E-state index in [1.807, 2.05) is 11.3 Å². The molecule has 0 saturated carbocycles. The zero-order valence-corrected chi connectivity index (χ0v) is 32.4. The SMILES string of the molecule is CC1=C(c2nc(-n3c4ccccc4c4c5ccccc5c5c6ccc7cc(-n8cc9ccccc9c8)ccc7c6sc5c43)c(-c3ccccc3)nc2C)CCC=C1. The summed E-state index contributed by atoms with van der Waals surface area (Å²) in [5, 5.41) is 12.6. The van der Waals surface area contributed by atoms with Gasteiger partial charge < -0.3 is 4.57 Å². The Morgan fingerprint density at radius 1 is 0.579 bits per heavy atom. The van der Waals surface area contributed by atoms with Gasteiger partial charge in [-0.3, -0.25) is 4.57 Å². The van der Waals surface area contributed by atoms with Gasteiger partial charge in [-0.05, 0) is 88.4 Å². The van der Waals surface area contributed by atoms with Crippen LogP contribution in [0.25, 0.3) is 103 Å². The van der Waals surface area contributed by atoms with E-state index < -0.39 is 0 Å². The second-order valence-corrected chi connectivity index (χ2v) is 16.4. The number of thiophene rings is 1. The lowest BCUT2D eigenvalue weighted by molar-refractivity contribution is 0.966. The summed E-state index contributed by atoms with van der Waals surface area (Å²) < 4.78 is 7.26. The minimum atomic E-state index is 0.866. The number of hydrogen-bond acceptors (Lipinski definition) is 3. The van der Waals surface area contributed by atoms with Crippen LogP contribution in [0.15, 0.2) is 164 Å². The fourth-order valence-corrected chi connectivity index (χ4v) is 10.8. The van der Waals surface area contributed by atoms with Crippen molar-refractivity contribution in [1.29, 1.82) is 0 Å². The number of rotatable bonds is 4. The summed E-state index contributed by atoms with van der Waals surface area (Å²) >= 11 is 1.91. The van der Waals surface area contributed by atoms with Crippen molar-refractivity contribution in [2.45, 2.75) is 26.7 Å². The monoisotopic (exact) mass is 748 g/mol. The molecule has 0 N–H and O–H groups in total. The normalized spacial score (nSPS) is 13.5. The van der Waals surface area contributed by atoms with Crippen molar-refractivity contribution in [3.63, 3.8) is 0 Å². The van der Waals surface area contributed by atoms with Crippen molar-refractivity contribution in [1.82, 2.24) is 19.1 Å². The van der Waals surface area contributed by atoms with Crippen molar-refractivity contribution in [2.75, 3.05) is 0 Å². The predicted molar refractivity (Wildman–Crippen MR) is 242 cm³/mol. The van der Waals surface area contributed by atoms with E-state index in [2.05, 4.69) is 181 Å². The maximum Gasteiger partial charge on any atom is 0.165 e. The third kappa shape index (κ3) is 4.79. The molecule has 4 heterocycles. The van der Waals surface area contributed by atoms with Crippen LogP contribution in [-0.4, -0.2) is 19.1 Å². The van der Waals surface area contributed by atoms with Crippen LogP contribution in [0.2, 0.25) is 0 Å². The number of para-hydroxylation sites is 1. The molecule has 5 heteroatoms. The Kier molecular flexibility index (Phi) is 7.02. The number of benzene rings is 7. The molecule has 0 radical (unpaired) electrons. The number of nitrogens with zero attached hydrogens (tertiary/aromatic N) is 4. The molecule has 0 saturated heterocycles. The smallest absolute Gasteiger partial charge is 0.165 e. The van der Waals surface area contributed by atoms with Crippen molar-refractivity contribution >= 4 is 91.2 Å². The van der Waals surface area contributed by atoms with Gasteiger partial charge in [0, 0.05) is 49.9 Å². The highest BCUT2D eigenvalue weighted by molar-refractivity contribution is 7.27. The van der Waals surface area contributed by atoms with Crippen molar-refractivity contribution in [3.8, 4) is 22.8 Å². The molecule has 0 bridgehead atoms. The molecule has 57 heavy (non-hydrogen) atoms. The molecule has 0 atom stereocenters. The maximum atomic E-state index is 5.72. The van der Waals surface area contributed by atoms with Gasteiger partial charge in [-0.15, -0.1) is 11.3 Å². The van der Waals surface area contributed by atoms with E-state index in [4.69, 9.17) is 9.97 Å². The van der Waals surface area contributed by atoms with E-state index in [-0.39, 0.29) is 0 Å². The Morgan fingerprint density at radius 3 is 2.07 bits per heavy atom. The molecule has 12 rings (SSSR count). The predicted octanol–water partition coefficient (Wildman–Crippen LogP) is 14.3. The Balaban J connectivity index is 1.21. The van der Waals surface area contributed by atoms with E-state index in [9.17, 15) is 0 Å². The average molecular weight is 749 g/mol. The largest absolute Gasteiger partial charge is 0.323 e. The second-order valence-electron chi connectivity index (χ2n) is 15.4. The van der Waals surface area contributed by atoms with E-state index in [0.29, 0.717) is 0 Å². The first kappa shape index (κ1) is 32.4. The molecule has 4 nitrogen and oxygen atoms in total. The standard InChI is InChI=1S/C52H36N4S/c1-31-14-6-9-19-38(31)47-32(2)53-48(33-15-4-3-5-16-33)52(54-47)56-44-23-13-12-22-42(44)45-40-20-10-11-21-41(40)46-43-26-24-34-28-37(55-29-35-17-7-8-18-36(35)30-55)25-27-39(34)50(43)57-51(46)49(45)56/h3-8,10-18,20-30H,9,19H2,1-2H3. The van der Waals surface area contributed by atoms with Crippen molar-refractivity contribution < 1.29 is 0 Å². The first-order chi connectivity index (χ1) is 28.1. The zero-order chi connectivity index (χ0) is 37.8. The van der Waals surface area contributed by atoms with Gasteiger partial charge in [0.15, 0.2) is 5.82 Å². The van der Waals surface area contributed by atoms with Gasteiger partial charge in [0.25, 0.3) is 0 Å². The van der Waals surface area contributed by atoms with Crippen LogP contribution >= 0.6 is 11.3 Å². The van der Waals surface area contributed by atoms with Crippen LogP contribution in [-0.2, 0) is 0 Å². The van der Waals surface area contributed by atoms with E-state index in [0.717, 1.165) is 52.5 Å². The van der Waals surface area contributed by atoms with Gasteiger partial charge in [-0.25, -0.2) is 9.97 Å². The lowest BCUT2D eigenvalue weighted by Crippen LogP contribution is -2.09. The van der Waals surface area contributed by atoms with Crippen LogP contribution in [0.5, 0.6) is 0 Å². The molecular weight excluding hydrogens is 713 g/mol. The van der Waals surface area contributed by atoms with Crippen LogP contribution in [0.3, 0.4) is 0 Å². The Labute approximate surface area is 333 Å². The molecule has 0 fully saturated rings. The van der Waals surface area contributed by atoms with E-state index in [1.165, 1.54) is 79.9 Å². The molecule has 11 aromatic rings. The van der Waals surface area contributed by atoms with Crippen molar-refractivity contribution in [2.24, 2.45) is 0 Å². The first-order valence-corrected chi connectivity index (χ1v) is 20.5. The third-order valence-corrected chi connectivity index (χ3v) is 13.3. The lowest BCUT2D eigenvalue weighted by atomic mass is 9.94. The molecule has 7 aromatic carbocycles. The Hall–Kier alpha value is -6.82.